The fourth-order valence-corrected chi connectivity index (χ4v) is 2.89. The van der Waals surface area contributed by atoms with Crippen molar-refractivity contribution in [1.29, 1.82) is 0 Å². The molecule has 2 heterocycles. The molecule has 27 heavy (non-hydrogen) atoms. The zero-order chi connectivity index (χ0) is 19.4. The van der Waals surface area contributed by atoms with Crippen LogP contribution in [0, 0.1) is 0 Å². The number of H-pyrrole nitrogens is 1. The highest BCUT2D eigenvalue weighted by Gasteiger charge is 2.27. The lowest BCUT2D eigenvalue weighted by Crippen LogP contribution is -2.52. The van der Waals surface area contributed by atoms with E-state index in [1.54, 1.807) is 12.0 Å². The number of hydrogen-bond donors (Lipinski definition) is 1. The van der Waals surface area contributed by atoms with Crippen molar-refractivity contribution in [3.63, 3.8) is 0 Å². The Kier molecular flexibility index (Phi) is 5.39. The van der Waals surface area contributed by atoms with Crippen LogP contribution in [0.2, 0.25) is 0 Å². The number of piperazine rings is 1. The van der Waals surface area contributed by atoms with Crippen LogP contribution in [0.4, 0.5) is 0 Å². The molecule has 1 fully saturated rings. The van der Waals surface area contributed by atoms with Crippen molar-refractivity contribution in [2.45, 2.75) is 13.1 Å². The van der Waals surface area contributed by atoms with Gasteiger partial charge in [0.25, 0.3) is 5.56 Å². The number of nitrogens with one attached hydrogen (secondary N) is 1. The summed E-state index contributed by atoms with van der Waals surface area (Å²) < 4.78 is 6.29. The molecule has 0 aliphatic carbocycles. The maximum atomic E-state index is 12.4. The van der Waals surface area contributed by atoms with Gasteiger partial charge in [-0.3, -0.25) is 23.9 Å². The lowest BCUT2D eigenvalue weighted by Gasteiger charge is -2.34. The van der Waals surface area contributed by atoms with E-state index in [4.69, 9.17) is 4.74 Å². The van der Waals surface area contributed by atoms with E-state index in [-0.39, 0.29) is 24.9 Å². The standard InChI is InChI=1S/C18H20N4O5/c1-27-14-4-2-3-13(9-14)10-20-7-8-21(11-16(20)24)17(25)12-22-6-5-15(23)19-18(22)26/h2-6,9H,7-8,10-12H2,1H3,(H,19,23,26). The predicted octanol–water partition coefficient (Wildman–Crippen LogP) is -0.584. The van der Waals surface area contributed by atoms with E-state index in [2.05, 4.69) is 4.98 Å². The number of hydrogen-bond acceptors (Lipinski definition) is 5. The van der Waals surface area contributed by atoms with Crippen molar-refractivity contribution in [1.82, 2.24) is 19.4 Å². The quantitative estimate of drug-likeness (QED) is 0.756. The first-order valence-electron chi connectivity index (χ1n) is 8.44. The summed E-state index contributed by atoms with van der Waals surface area (Å²) in [5.41, 5.74) is -0.230. The van der Waals surface area contributed by atoms with Gasteiger partial charge >= 0.3 is 5.69 Å². The summed E-state index contributed by atoms with van der Waals surface area (Å²) in [7, 11) is 1.59. The number of nitrogens with zero attached hydrogens (tertiary/aromatic N) is 3. The summed E-state index contributed by atoms with van der Waals surface area (Å²) in [6.07, 6.45) is 1.26. The Morgan fingerprint density at radius 1 is 1.19 bits per heavy atom. The molecule has 2 aromatic rings. The van der Waals surface area contributed by atoms with E-state index in [1.807, 2.05) is 24.3 Å². The second kappa shape index (κ2) is 7.90. The largest absolute Gasteiger partial charge is 0.497 e. The van der Waals surface area contributed by atoms with Crippen LogP contribution in [-0.2, 0) is 22.7 Å². The summed E-state index contributed by atoms with van der Waals surface area (Å²) in [4.78, 5) is 52.8. The van der Waals surface area contributed by atoms with Crippen molar-refractivity contribution in [3.05, 3.63) is 62.9 Å². The third kappa shape index (κ3) is 4.43. The Labute approximate surface area is 154 Å². The van der Waals surface area contributed by atoms with Crippen LogP contribution in [-0.4, -0.2) is 57.9 Å². The first-order valence-corrected chi connectivity index (χ1v) is 8.44. The Balaban J connectivity index is 1.60. The highest BCUT2D eigenvalue weighted by Crippen LogP contribution is 2.16. The minimum atomic E-state index is -0.654. The topological polar surface area (TPSA) is 105 Å². The van der Waals surface area contributed by atoms with Crippen molar-refractivity contribution >= 4 is 11.8 Å². The number of aromatic amines is 1. The molecule has 0 radical (unpaired) electrons. The molecule has 9 heteroatoms. The van der Waals surface area contributed by atoms with Crippen molar-refractivity contribution < 1.29 is 14.3 Å². The molecule has 0 spiro atoms. The van der Waals surface area contributed by atoms with Gasteiger partial charge in [0.05, 0.1) is 13.7 Å². The molecule has 142 valence electrons. The SMILES string of the molecule is COc1cccc(CN2CCN(C(=O)Cn3ccc(=O)[nH]c3=O)CC2=O)c1. The van der Waals surface area contributed by atoms with Crippen molar-refractivity contribution in [3.8, 4) is 5.75 Å². The molecule has 1 aliphatic heterocycles. The van der Waals surface area contributed by atoms with Gasteiger partial charge in [-0.25, -0.2) is 4.79 Å². The number of aromatic nitrogens is 2. The van der Waals surface area contributed by atoms with Crippen LogP contribution >= 0.6 is 0 Å². The van der Waals surface area contributed by atoms with E-state index in [0.717, 1.165) is 15.9 Å². The van der Waals surface area contributed by atoms with E-state index >= 15 is 0 Å². The first kappa shape index (κ1) is 18.4. The van der Waals surface area contributed by atoms with Gasteiger partial charge in [0.2, 0.25) is 11.8 Å². The van der Waals surface area contributed by atoms with E-state index in [1.165, 1.54) is 17.2 Å². The van der Waals surface area contributed by atoms with E-state index in [0.29, 0.717) is 19.6 Å². The molecule has 3 rings (SSSR count). The molecule has 0 atom stereocenters. The number of rotatable bonds is 5. The minimum Gasteiger partial charge on any atom is -0.497 e. The second-order valence-electron chi connectivity index (χ2n) is 6.22. The number of ether oxygens (including phenoxy) is 1. The molecule has 9 nitrogen and oxygen atoms in total. The minimum absolute atomic E-state index is 0.0408. The zero-order valence-corrected chi connectivity index (χ0v) is 14.9. The Morgan fingerprint density at radius 2 is 2.00 bits per heavy atom. The van der Waals surface area contributed by atoms with Crippen LogP contribution in [0.15, 0.2) is 46.1 Å². The van der Waals surface area contributed by atoms with Crippen LogP contribution in [0.25, 0.3) is 0 Å². The molecule has 0 unspecified atom stereocenters. The fraction of sp³-hybridized carbons (Fsp3) is 0.333. The Bertz CT molecular complexity index is 964. The number of carbonyl (C=O) groups excluding carboxylic acids is 2. The number of methoxy groups -OCH3 is 1. The smallest absolute Gasteiger partial charge is 0.328 e. The maximum Gasteiger partial charge on any atom is 0.328 e. The van der Waals surface area contributed by atoms with E-state index < -0.39 is 11.2 Å². The Hall–Kier alpha value is -3.36. The third-order valence-electron chi connectivity index (χ3n) is 4.38. The number of carbonyl (C=O) groups is 2. The first-order chi connectivity index (χ1) is 13.0. The number of amides is 2. The molecular weight excluding hydrogens is 352 g/mol. The van der Waals surface area contributed by atoms with Gasteiger partial charge in [0.1, 0.15) is 12.3 Å². The highest BCUT2D eigenvalue weighted by atomic mass is 16.5. The van der Waals surface area contributed by atoms with Crippen LogP contribution in [0.1, 0.15) is 5.56 Å². The highest BCUT2D eigenvalue weighted by molar-refractivity contribution is 5.86. The molecule has 0 bridgehead atoms. The lowest BCUT2D eigenvalue weighted by atomic mass is 10.2. The molecular formula is C18H20N4O5. The second-order valence-corrected chi connectivity index (χ2v) is 6.22. The lowest BCUT2D eigenvalue weighted by molar-refractivity contribution is -0.146. The maximum absolute atomic E-state index is 12.4. The monoisotopic (exact) mass is 372 g/mol. The summed E-state index contributed by atoms with van der Waals surface area (Å²) >= 11 is 0. The Morgan fingerprint density at radius 3 is 2.70 bits per heavy atom. The van der Waals surface area contributed by atoms with Crippen molar-refractivity contribution in [2.24, 2.45) is 0 Å². The third-order valence-corrected chi connectivity index (χ3v) is 4.38. The summed E-state index contributed by atoms with van der Waals surface area (Å²) in [6, 6.07) is 8.65. The summed E-state index contributed by atoms with van der Waals surface area (Å²) in [6.45, 7) is 0.964. The molecule has 1 aromatic carbocycles. The molecule has 0 saturated carbocycles. The van der Waals surface area contributed by atoms with Crippen LogP contribution < -0.4 is 16.0 Å². The zero-order valence-electron chi connectivity index (χ0n) is 14.9. The van der Waals surface area contributed by atoms with Crippen LogP contribution in [0.3, 0.4) is 0 Å². The number of benzene rings is 1. The molecule has 1 saturated heterocycles. The van der Waals surface area contributed by atoms with Gasteiger partial charge in [-0.1, -0.05) is 12.1 Å². The molecule has 1 aliphatic rings. The molecule has 1 N–H and O–H groups in total. The fourth-order valence-electron chi connectivity index (χ4n) is 2.89. The van der Waals surface area contributed by atoms with Gasteiger partial charge in [-0.05, 0) is 17.7 Å². The van der Waals surface area contributed by atoms with Gasteiger partial charge in [-0.15, -0.1) is 0 Å². The summed E-state index contributed by atoms with van der Waals surface area (Å²) in [5, 5.41) is 0. The van der Waals surface area contributed by atoms with Crippen LogP contribution in [0.5, 0.6) is 5.75 Å². The van der Waals surface area contributed by atoms with Gasteiger partial charge in [0.15, 0.2) is 0 Å². The van der Waals surface area contributed by atoms with Gasteiger partial charge in [-0.2, -0.15) is 0 Å². The van der Waals surface area contributed by atoms with Crippen molar-refractivity contribution in [2.75, 3.05) is 26.7 Å². The normalized spacial score (nSPS) is 14.3. The predicted molar refractivity (Wildman–Crippen MR) is 96.3 cm³/mol. The average molecular weight is 372 g/mol. The van der Waals surface area contributed by atoms with Gasteiger partial charge in [0, 0.05) is 31.9 Å². The van der Waals surface area contributed by atoms with Gasteiger partial charge < -0.3 is 14.5 Å². The summed E-state index contributed by atoms with van der Waals surface area (Å²) in [5.74, 6) is 0.213. The molecule has 2 amide bonds. The van der Waals surface area contributed by atoms with E-state index in [9.17, 15) is 19.2 Å². The average Bonchev–Trinajstić information content (AvgIpc) is 2.65. The molecule has 1 aromatic heterocycles.